The highest BCUT2D eigenvalue weighted by molar-refractivity contribution is 6.10. The molecule has 0 aliphatic carbocycles. The van der Waals surface area contributed by atoms with Crippen LogP contribution in [-0.2, 0) is 9.59 Å². The Bertz CT molecular complexity index is 1200. The van der Waals surface area contributed by atoms with Gasteiger partial charge in [0.1, 0.15) is 0 Å². The van der Waals surface area contributed by atoms with Gasteiger partial charge in [0.05, 0.1) is 16.7 Å². The number of anilines is 1. The zero-order valence-corrected chi connectivity index (χ0v) is 17.0. The molecule has 8 nitrogen and oxygen atoms in total. The predicted octanol–water partition coefficient (Wildman–Crippen LogP) is 3.77. The summed E-state index contributed by atoms with van der Waals surface area (Å²) in [5.74, 6) is -1.00. The third-order valence-corrected chi connectivity index (χ3v) is 5.15. The maximum Gasteiger partial charge on any atom is 0.323 e. The topological polar surface area (TPSA) is 120 Å². The molecule has 0 spiro atoms. The van der Waals surface area contributed by atoms with Crippen molar-refractivity contribution in [2.24, 2.45) is 10.2 Å². The van der Waals surface area contributed by atoms with E-state index in [4.69, 9.17) is 0 Å². The van der Waals surface area contributed by atoms with E-state index in [2.05, 4.69) is 25.5 Å². The number of nitrogens with one attached hydrogen (secondary N) is 3. The highest BCUT2D eigenvalue weighted by Gasteiger charge is 2.23. The molecule has 1 amide bonds. The molecule has 0 fully saturated rings. The Morgan fingerprint density at radius 1 is 0.966 bits per heavy atom. The maximum atomic E-state index is 12.6. The molecule has 1 aromatic heterocycles. The van der Waals surface area contributed by atoms with Crippen molar-refractivity contribution in [3.63, 3.8) is 0 Å². The van der Waals surface area contributed by atoms with E-state index in [-0.39, 0.29) is 5.69 Å². The molecule has 1 atom stereocenters. The van der Waals surface area contributed by atoms with Crippen molar-refractivity contribution in [1.29, 1.82) is 0 Å². The summed E-state index contributed by atoms with van der Waals surface area (Å²) in [6.07, 6.45) is 0. The van der Waals surface area contributed by atoms with Gasteiger partial charge < -0.3 is 15.3 Å². The van der Waals surface area contributed by atoms with Gasteiger partial charge in [-0.2, -0.15) is 10.2 Å². The number of Topliss-reactive ketones (excluding diaryl/α,β-unsaturated/α-hetero) is 1. The number of fused-ring (bicyclic) bond motifs is 1. The van der Waals surface area contributed by atoms with Crippen LogP contribution in [0.3, 0.4) is 0 Å². The molecule has 3 rings (SSSR count). The van der Waals surface area contributed by atoms with Crippen molar-refractivity contribution in [2.45, 2.75) is 40.7 Å². The lowest BCUT2D eigenvalue weighted by atomic mass is 9.98. The summed E-state index contributed by atoms with van der Waals surface area (Å²) >= 11 is 0. The third-order valence-electron chi connectivity index (χ3n) is 5.15. The number of ketones is 1. The second-order valence-corrected chi connectivity index (χ2v) is 7.14. The second-order valence-electron chi connectivity index (χ2n) is 7.14. The molecule has 29 heavy (non-hydrogen) atoms. The first-order valence-corrected chi connectivity index (χ1v) is 9.19. The third kappa shape index (κ3) is 4.16. The molecule has 2 aromatic carbocycles. The minimum absolute atomic E-state index is 0.335. The Kier molecular flexibility index (Phi) is 5.45. The molecule has 0 aliphatic rings. The monoisotopic (exact) mass is 393 g/mol. The fourth-order valence-electron chi connectivity index (χ4n) is 3.05. The van der Waals surface area contributed by atoms with Crippen LogP contribution < -0.4 is 11.0 Å². The molecule has 1 unspecified atom stereocenters. The maximum absolute atomic E-state index is 12.6. The van der Waals surface area contributed by atoms with Crippen molar-refractivity contribution in [1.82, 2.24) is 9.97 Å². The van der Waals surface area contributed by atoms with E-state index in [1.54, 1.807) is 18.2 Å². The number of imidazole rings is 1. The van der Waals surface area contributed by atoms with Crippen molar-refractivity contribution < 1.29 is 9.59 Å². The first-order valence-electron chi connectivity index (χ1n) is 9.19. The van der Waals surface area contributed by atoms with E-state index in [0.29, 0.717) is 22.4 Å². The normalized spacial score (nSPS) is 12.4. The van der Waals surface area contributed by atoms with Gasteiger partial charge in [-0.1, -0.05) is 0 Å². The summed E-state index contributed by atoms with van der Waals surface area (Å²) in [6, 6.07) is 5.53. The summed E-state index contributed by atoms with van der Waals surface area (Å²) in [5.41, 5.74) is 6.23. The number of hydrogen-bond acceptors (Lipinski definition) is 5. The number of aromatic nitrogens is 2. The van der Waals surface area contributed by atoms with Crippen molar-refractivity contribution in [3.05, 3.63) is 57.0 Å². The number of aromatic amines is 2. The first-order chi connectivity index (χ1) is 13.7. The standard InChI is InChI=1S/C21H23N5O3/c1-10-8-17(13(4)12(3)11(10)2)25-26-19(14(5)27)20(28)22-15-6-7-16-18(9-15)24-21(29)23-16/h6-9,19H,1-5H3,(H,22,28)(H2,23,24,29). The fourth-order valence-corrected chi connectivity index (χ4v) is 3.05. The molecule has 0 bridgehead atoms. The molecule has 150 valence electrons. The number of hydrogen-bond donors (Lipinski definition) is 3. The summed E-state index contributed by atoms with van der Waals surface area (Å²) in [4.78, 5) is 41.3. The number of amides is 1. The lowest BCUT2D eigenvalue weighted by molar-refractivity contribution is -0.126. The Labute approximate surface area is 167 Å². The van der Waals surface area contributed by atoms with Gasteiger partial charge in [0.25, 0.3) is 5.91 Å². The SMILES string of the molecule is CC(=O)C(N=Nc1cc(C)c(C)c(C)c1C)C(=O)Nc1ccc2[nH]c(=O)[nH]c2c1. The van der Waals surface area contributed by atoms with E-state index in [0.717, 1.165) is 16.7 Å². The van der Waals surface area contributed by atoms with Gasteiger partial charge in [-0.25, -0.2) is 4.79 Å². The lowest BCUT2D eigenvalue weighted by Gasteiger charge is -2.12. The van der Waals surface area contributed by atoms with Crippen LogP contribution in [0.1, 0.15) is 29.2 Å². The average Bonchev–Trinajstić information content (AvgIpc) is 3.03. The van der Waals surface area contributed by atoms with Crippen LogP contribution in [0.4, 0.5) is 11.4 Å². The summed E-state index contributed by atoms with van der Waals surface area (Å²) in [7, 11) is 0. The van der Waals surface area contributed by atoms with E-state index in [1.807, 2.05) is 33.8 Å². The summed E-state index contributed by atoms with van der Waals surface area (Å²) in [5, 5.41) is 10.9. The van der Waals surface area contributed by atoms with Gasteiger partial charge in [-0.3, -0.25) is 9.59 Å². The van der Waals surface area contributed by atoms with Crippen LogP contribution in [0.25, 0.3) is 11.0 Å². The summed E-state index contributed by atoms with van der Waals surface area (Å²) in [6.45, 7) is 9.27. The Balaban J connectivity index is 1.85. The number of benzene rings is 2. The lowest BCUT2D eigenvalue weighted by Crippen LogP contribution is -2.31. The Morgan fingerprint density at radius 2 is 1.66 bits per heavy atom. The van der Waals surface area contributed by atoms with Crippen molar-refractivity contribution in [2.75, 3.05) is 5.32 Å². The van der Waals surface area contributed by atoms with Crippen LogP contribution in [-0.4, -0.2) is 27.7 Å². The van der Waals surface area contributed by atoms with Crippen molar-refractivity contribution in [3.8, 4) is 0 Å². The molecule has 3 aromatic rings. The Morgan fingerprint density at radius 3 is 2.34 bits per heavy atom. The molecular weight excluding hydrogens is 370 g/mol. The van der Waals surface area contributed by atoms with Gasteiger partial charge >= 0.3 is 5.69 Å². The van der Waals surface area contributed by atoms with E-state index in [1.165, 1.54) is 12.5 Å². The van der Waals surface area contributed by atoms with Gasteiger partial charge in [0.2, 0.25) is 6.04 Å². The fraction of sp³-hybridized carbons (Fsp3) is 0.286. The average molecular weight is 393 g/mol. The molecule has 3 N–H and O–H groups in total. The van der Waals surface area contributed by atoms with Gasteiger partial charge in [-0.15, -0.1) is 0 Å². The highest BCUT2D eigenvalue weighted by atomic mass is 16.2. The molecule has 0 saturated carbocycles. The zero-order chi connectivity index (χ0) is 21.3. The summed E-state index contributed by atoms with van der Waals surface area (Å²) < 4.78 is 0. The minimum atomic E-state index is -1.27. The Hall–Kier alpha value is -3.55. The van der Waals surface area contributed by atoms with E-state index >= 15 is 0 Å². The number of carbonyl (C=O) groups excluding carboxylic acids is 2. The highest BCUT2D eigenvalue weighted by Crippen LogP contribution is 2.28. The first kappa shape index (κ1) is 20.2. The number of H-pyrrole nitrogens is 2. The van der Waals surface area contributed by atoms with Crippen LogP contribution in [0, 0.1) is 27.7 Å². The smallest absolute Gasteiger partial charge is 0.323 e. The van der Waals surface area contributed by atoms with Crippen molar-refractivity contribution >= 4 is 34.1 Å². The van der Waals surface area contributed by atoms with E-state index < -0.39 is 17.7 Å². The molecule has 0 aliphatic heterocycles. The van der Waals surface area contributed by atoms with Crippen LogP contribution in [0.2, 0.25) is 0 Å². The van der Waals surface area contributed by atoms with Crippen LogP contribution in [0.15, 0.2) is 39.3 Å². The molecule has 0 saturated heterocycles. The second kappa shape index (κ2) is 7.83. The predicted molar refractivity (Wildman–Crippen MR) is 112 cm³/mol. The van der Waals surface area contributed by atoms with Gasteiger partial charge in [-0.05, 0) is 81.1 Å². The van der Waals surface area contributed by atoms with Gasteiger partial charge in [0.15, 0.2) is 5.78 Å². The number of azo groups is 1. The molecule has 0 radical (unpaired) electrons. The minimum Gasteiger partial charge on any atom is -0.324 e. The molecule has 8 heteroatoms. The van der Waals surface area contributed by atoms with Crippen LogP contribution >= 0.6 is 0 Å². The van der Waals surface area contributed by atoms with Gasteiger partial charge in [0, 0.05) is 5.69 Å². The zero-order valence-electron chi connectivity index (χ0n) is 17.0. The molecular formula is C21H23N5O3. The number of carbonyl (C=O) groups is 2. The van der Waals surface area contributed by atoms with E-state index in [9.17, 15) is 14.4 Å². The molecule has 1 heterocycles. The number of aryl methyl sites for hydroxylation is 1. The van der Waals surface area contributed by atoms with Crippen LogP contribution in [0.5, 0.6) is 0 Å². The number of rotatable bonds is 5. The largest absolute Gasteiger partial charge is 0.324 e. The number of nitrogens with zero attached hydrogens (tertiary/aromatic N) is 2. The quantitative estimate of drug-likeness (QED) is 0.452.